The Hall–Kier alpha value is -0.780. The number of ether oxygens (including phenoxy) is 1. The van der Waals surface area contributed by atoms with Crippen LogP contribution in [-0.4, -0.2) is 32.1 Å². The van der Waals surface area contributed by atoms with Gasteiger partial charge in [-0.05, 0) is 55.6 Å². The van der Waals surface area contributed by atoms with Crippen LogP contribution in [0.2, 0.25) is 0 Å². The average molecular weight is 378 g/mol. The number of amides is 1. The Labute approximate surface area is 140 Å². The lowest BCUT2D eigenvalue weighted by atomic mass is 9.81. The second-order valence-electron chi connectivity index (χ2n) is 5.58. The maximum Gasteiger partial charge on any atom is 0.257 e. The number of benzene rings is 1. The first kappa shape index (κ1) is 18.3. The van der Waals surface area contributed by atoms with Gasteiger partial charge in [-0.3, -0.25) is 4.79 Å². The fraction of sp³-hybridized carbons (Fsp3) is 0.533. The van der Waals surface area contributed by atoms with Gasteiger partial charge in [0.1, 0.15) is 5.75 Å². The molecule has 1 aliphatic heterocycles. The number of rotatable bonds is 5. The van der Waals surface area contributed by atoms with Gasteiger partial charge in [-0.2, -0.15) is 0 Å². The predicted molar refractivity (Wildman–Crippen MR) is 90.1 cm³/mol. The number of hydrogen-bond acceptors (Lipinski definition) is 3. The van der Waals surface area contributed by atoms with Crippen LogP contribution in [0, 0.1) is 5.41 Å². The lowest BCUT2D eigenvalue weighted by Crippen LogP contribution is -2.43. The Bertz CT molecular complexity index is 447. The molecule has 1 aromatic carbocycles. The first-order chi connectivity index (χ1) is 9.57. The van der Waals surface area contributed by atoms with Crippen molar-refractivity contribution in [1.29, 1.82) is 0 Å². The number of piperidine rings is 1. The van der Waals surface area contributed by atoms with Crippen molar-refractivity contribution < 1.29 is 9.53 Å². The molecule has 21 heavy (non-hydrogen) atoms. The van der Waals surface area contributed by atoms with Crippen LogP contribution in [0.5, 0.6) is 5.75 Å². The third-order valence-corrected chi connectivity index (χ3v) is 4.24. The molecule has 2 N–H and O–H groups in total. The lowest BCUT2D eigenvalue weighted by Gasteiger charge is -2.34. The first-order valence-electron chi connectivity index (χ1n) is 6.93. The van der Waals surface area contributed by atoms with Gasteiger partial charge in [-0.15, -0.1) is 12.4 Å². The van der Waals surface area contributed by atoms with Crippen LogP contribution in [0.25, 0.3) is 0 Å². The van der Waals surface area contributed by atoms with E-state index in [4.69, 9.17) is 4.74 Å². The van der Waals surface area contributed by atoms with Crippen molar-refractivity contribution >= 4 is 34.2 Å². The highest BCUT2D eigenvalue weighted by molar-refractivity contribution is 9.10. The van der Waals surface area contributed by atoms with Crippen molar-refractivity contribution in [2.24, 2.45) is 5.41 Å². The van der Waals surface area contributed by atoms with E-state index in [0.717, 1.165) is 36.9 Å². The minimum Gasteiger partial charge on any atom is -0.484 e. The van der Waals surface area contributed by atoms with Gasteiger partial charge < -0.3 is 15.4 Å². The molecular formula is C15H22BrClN2O2. The van der Waals surface area contributed by atoms with E-state index in [1.54, 1.807) is 0 Å². The minimum absolute atomic E-state index is 0. The molecule has 0 spiro atoms. The summed E-state index contributed by atoms with van der Waals surface area (Å²) in [5, 5.41) is 6.31. The third kappa shape index (κ3) is 6.24. The zero-order valence-corrected chi connectivity index (χ0v) is 14.6. The highest BCUT2D eigenvalue weighted by atomic mass is 79.9. The Morgan fingerprint density at radius 2 is 1.95 bits per heavy atom. The monoisotopic (exact) mass is 376 g/mol. The summed E-state index contributed by atoms with van der Waals surface area (Å²) in [5.41, 5.74) is 0.207. The Morgan fingerprint density at radius 1 is 1.33 bits per heavy atom. The van der Waals surface area contributed by atoms with E-state index in [1.807, 2.05) is 24.3 Å². The maximum absolute atomic E-state index is 11.8. The number of carbonyl (C=O) groups excluding carboxylic acids is 1. The number of nitrogens with one attached hydrogen (secondary N) is 2. The molecule has 0 bridgehead atoms. The van der Waals surface area contributed by atoms with Crippen molar-refractivity contribution in [1.82, 2.24) is 10.6 Å². The second-order valence-corrected chi connectivity index (χ2v) is 6.50. The highest BCUT2D eigenvalue weighted by Crippen LogP contribution is 2.26. The van der Waals surface area contributed by atoms with Crippen LogP contribution in [-0.2, 0) is 4.79 Å². The van der Waals surface area contributed by atoms with Gasteiger partial charge in [0.15, 0.2) is 6.61 Å². The van der Waals surface area contributed by atoms with Crippen molar-refractivity contribution in [3.8, 4) is 5.75 Å². The van der Waals surface area contributed by atoms with Gasteiger partial charge >= 0.3 is 0 Å². The number of hydrogen-bond donors (Lipinski definition) is 2. The van der Waals surface area contributed by atoms with Gasteiger partial charge in [0, 0.05) is 11.0 Å². The molecule has 1 aromatic rings. The smallest absolute Gasteiger partial charge is 0.257 e. The minimum atomic E-state index is -0.0623. The SMILES string of the molecule is CC1(CNC(=O)COc2ccc(Br)cc2)CCNCC1.Cl. The molecule has 6 heteroatoms. The third-order valence-electron chi connectivity index (χ3n) is 3.71. The maximum atomic E-state index is 11.8. The Balaban J connectivity index is 0.00000220. The van der Waals surface area contributed by atoms with Crippen LogP contribution in [0.3, 0.4) is 0 Å². The summed E-state index contributed by atoms with van der Waals surface area (Å²) >= 11 is 3.36. The van der Waals surface area contributed by atoms with E-state index >= 15 is 0 Å². The standard InChI is InChI=1S/C15H21BrN2O2.ClH/c1-15(6-8-17-9-7-15)11-18-14(19)10-20-13-4-2-12(16)3-5-13;/h2-5,17H,6-11H2,1H3,(H,18,19);1H. The summed E-state index contributed by atoms with van der Waals surface area (Å²) < 4.78 is 6.44. The van der Waals surface area contributed by atoms with Crippen LogP contribution in [0.1, 0.15) is 19.8 Å². The molecule has 1 aliphatic rings. The molecule has 0 radical (unpaired) electrons. The fourth-order valence-electron chi connectivity index (χ4n) is 2.25. The topological polar surface area (TPSA) is 50.4 Å². The van der Waals surface area contributed by atoms with Crippen molar-refractivity contribution in [2.75, 3.05) is 26.2 Å². The van der Waals surface area contributed by atoms with Crippen molar-refractivity contribution in [3.05, 3.63) is 28.7 Å². The molecule has 2 rings (SSSR count). The molecule has 0 aromatic heterocycles. The van der Waals surface area contributed by atoms with E-state index < -0.39 is 0 Å². The molecule has 1 amide bonds. The Morgan fingerprint density at radius 3 is 2.57 bits per heavy atom. The van der Waals surface area contributed by atoms with E-state index in [-0.39, 0.29) is 30.3 Å². The van der Waals surface area contributed by atoms with E-state index in [0.29, 0.717) is 5.75 Å². The zero-order chi connectivity index (χ0) is 14.4. The van der Waals surface area contributed by atoms with Crippen molar-refractivity contribution in [2.45, 2.75) is 19.8 Å². The molecule has 4 nitrogen and oxygen atoms in total. The van der Waals surface area contributed by atoms with E-state index in [2.05, 4.69) is 33.5 Å². The summed E-state index contributed by atoms with van der Waals surface area (Å²) in [6.45, 7) is 5.07. The van der Waals surface area contributed by atoms with Gasteiger partial charge in [-0.1, -0.05) is 22.9 Å². The molecule has 0 aliphatic carbocycles. The zero-order valence-electron chi connectivity index (χ0n) is 12.2. The van der Waals surface area contributed by atoms with Gasteiger partial charge in [0.05, 0.1) is 0 Å². The Kier molecular flexibility index (Phi) is 7.49. The summed E-state index contributed by atoms with van der Waals surface area (Å²) in [7, 11) is 0. The fourth-order valence-corrected chi connectivity index (χ4v) is 2.51. The summed E-state index contributed by atoms with van der Waals surface area (Å²) in [4.78, 5) is 11.8. The lowest BCUT2D eigenvalue weighted by molar-refractivity contribution is -0.123. The molecule has 0 unspecified atom stereocenters. The van der Waals surface area contributed by atoms with Crippen LogP contribution >= 0.6 is 28.3 Å². The van der Waals surface area contributed by atoms with Gasteiger partial charge in [-0.25, -0.2) is 0 Å². The quantitative estimate of drug-likeness (QED) is 0.829. The normalized spacial score (nSPS) is 16.7. The van der Waals surface area contributed by atoms with Crippen molar-refractivity contribution in [3.63, 3.8) is 0 Å². The van der Waals surface area contributed by atoms with Crippen LogP contribution < -0.4 is 15.4 Å². The second kappa shape index (κ2) is 8.61. The average Bonchev–Trinajstić information content (AvgIpc) is 2.45. The van der Waals surface area contributed by atoms with E-state index in [1.165, 1.54) is 0 Å². The molecule has 1 saturated heterocycles. The molecular weight excluding hydrogens is 356 g/mol. The van der Waals surface area contributed by atoms with E-state index in [9.17, 15) is 4.79 Å². The summed E-state index contributed by atoms with van der Waals surface area (Å²) in [5.74, 6) is 0.643. The summed E-state index contributed by atoms with van der Waals surface area (Å²) in [6, 6.07) is 7.46. The number of halogens is 2. The number of carbonyl (C=O) groups is 1. The first-order valence-corrected chi connectivity index (χ1v) is 7.73. The van der Waals surface area contributed by atoms with Crippen LogP contribution in [0.15, 0.2) is 28.7 Å². The summed E-state index contributed by atoms with van der Waals surface area (Å²) in [6.07, 6.45) is 2.20. The molecule has 1 fully saturated rings. The molecule has 118 valence electrons. The molecule has 0 saturated carbocycles. The highest BCUT2D eigenvalue weighted by Gasteiger charge is 2.26. The largest absolute Gasteiger partial charge is 0.484 e. The molecule has 0 atom stereocenters. The predicted octanol–water partition coefficient (Wildman–Crippen LogP) is 2.76. The molecule has 1 heterocycles. The van der Waals surface area contributed by atoms with Gasteiger partial charge in [0.2, 0.25) is 0 Å². The van der Waals surface area contributed by atoms with Crippen LogP contribution in [0.4, 0.5) is 0 Å². The van der Waals surface area contributed by atoms with Gasteiger partial charge in [0.25, 0.3) is 5.91 Å².